The van der Waals surface area contributed by atoms with Gasteiger partial charge in [0.2, 0.25) is 0 Å². The van der Waals surface area contributed by atoms with Crippen LogP contribution in [0.3, 0.4) is 0 Å². The van der Waals surface area contributed by atoms with Gasteiger partial charge in [-0.3, -0.25) is 0 Å². The van der Waals surface area contributed by atoms with E-state index in [0.717, 1.165) is 6.07 Å². The van der Waals surface area contributed by atoms with E-state index in [0.29, 0.717) is 16.9 Å². The summed E-state index contributed by atoms with van der Waals surface area (Å²) in [7, 11) is 0. The van der Waals surface area contributed by atoms with E-state index in [1.165, 1.54) is 18.2 Å². The van der Waals surface area contributed by atoms with Crippen LogP contribution in [-0.2, 0) is 0 Å². The average molecular weight is 270 g/mol. The Hall–Kier alpha value is -2.87. The smallest absolute Gasteiger partial charge is 0.335 e. The van der Waals surface area contributed by atoms with Crippen LogP contribution in [0.1, 0.15) is 21.5 Å². The molecule has 0 saturated heterocycles. The van der Waals surface area contributed by atoms with Gasteiger partial charge in [0.25, 0.3) is 0 Å². The highest BCUT2D eigenvalue weighted by Gasteiger charge is 2.08. The fraction of sp³-hybridized carbons (Fsp3) is 0.0667. The largest absolute Gasteiger partial charge is 0.478 e. The Morgan fingerprint density at radius 1 is 1.30 bits per heavy atom. The SMILES string of the molecule is Cc1cc(Nc2ccc(F)cc2C#N)ccc1C(=O)O. The van der Waals surface area contributed by atoms with Crippen LogP contribution in [-0.4, -0.2) is 11.1 Å². The van der Waals surface area contributed by atoms with Gasteiger partial charge in [-0.1, -0.05) is 0 Å². The van der Waals surface area contributed by atoms with Crippen molar-refractivity contribution in [3.63, 3.8) is 0 Å². The van der Waals surface area contributed by atoms with Crippen LogP contribution in [0.5, 0.6) is 0 Å². The van der Waals surface area contributed by atoms with Gasteiger partial charge >= 0.3 is 5.97 Å². The topological polar surface area (TPSA) is 73.1 Å². The quantitative estimate of drug-likeness (QED) is 0.895. The van der Waals surface area contributed by atoms with Crippen LogP contribution in [0.15, 0.2) is 36.4 Å². The zero-order valence-electron chi connectivity index (χ0n) is 10.6. The van der Waals surface area contributed by atoms with Crippen molar-refractivity contribution in [2.24, 2.45) is 0 Å². The molecule has 0 bridgehead atoms. The molecule has 0 heterocycles. The van der Waals surface area contributed by atoms with Crippen molar-refractivity contribution in [3.05, 3.63) is 58.9 Å². The van der Waals surface area contributed by atoms with Crippen LogP contribution in [0.4, 0.5) is 15.8 Å². The number of benzene rings is 2. The molecule has 5 heteroatoms. The molecule has 2 aromatic carbocycles. The van der Waals surface area contributed by atoms with Gasteiger partial charge in [-0.15, -0.1) is 0 Å². The second-order valence-corrected chi connectivity index (χ2v) is 4.26. The summed E-state index contributed by atoms with van der Waals surface area (Å²) in [5, 5.41) is 20.9. The lowest BCUT2D eigenvalue weighted by atomic mass is 10.1. The number of halogens is 1. The number of carboxylic acids is 1. The standard InChI is InChI=1S/C15H11FN2O2/c1-9-6-12(3-4-13(9)15(19)20)18-14-5-2-11(16)7-10(14)8-17/h2-7,18H,1H3,(H,19,20). The van der Waals surface area contributed by atoms with Crippen molar-refractivity contribution in [2.75, 3.05) is 5.32 Å². The number of nitrogens with one attached hydrogen (secondary N) is 1. The predicted molar refractivity (Wildman–Crippen MR) is 72.5 cm³/mol. The van der Waals surface area contributed by atoms with Crippen molar-refractivity contribution < 1.29 is 14.3 Å². The Bertz CT molecular complexity index is 720. The third kappa shape index (κ3) is 2.75. The first-order valence-electron chi connectivity index (χ1n) is 5.82. The Kier molecular flexibility index (Phi) is 3.67. The summed E-state index contributed by atoms with van der Waals surface area (Å²) in [6, 6.07) is 10.5. The molecule has 0 aliphatic rings. The molecule has 0 amide bonds. The molecular formula is C15H11FN2O2. The molecule has 0 saturated carbocycles. The molecule has 4 nitrogen and oxygen atoms in total. The molecule has 0 aliphatic carbocycles. The highest BCUT2D eigenvalue weighted by atomic mass is 19.1. The summed E-state index contributed by atoms with van der Waals surface area (Å²) >= 11 is 0. The van der Waals surface area contributed by atoms with Crippen molar-refractivity contribution in [2.45, 2.75) is 6.92 Å². The van der Waals surface area contributed by atoms with E-state index in [2.05, 4.69) is 5.32 Å². The Morgan fingerprint density at radius 2 is 2.05 bits per heavy atom. The maximum absolute atomic E-state index is 13.0. The van der Waals surface area contributed by atoms with Crippen LogP contribution in [0.25, 0.3) is 0 Å². The Balaban J connectivity index is 2.34. The van der Waals surface area contributed by atoms with E-state index in [-0.39, 0.29) is 11.1 Å². The van der Waals surface area contributed by atoms with E-state index in [4.69, 9.17) is 10.4 Å². The van der Waals surface area contributed by atoms with Gasteiger partial charge < -0.3 is 10.4 Å². The first-order chi connectivity index (χ1) is 9.51. The lowest BCUT2D eigenvalue weighted by Crippen LogP contribution is -2.01. The number of hydrogen-bond acceptors (Lipinski definition) is 3. The number of nitriles is 1. The fourth-order valence-electron chi connectivity index (χ4n) is 1.85. The zero-order valence-corrected chi connectivity index (χ0v) is 10.6. The first-order valence-corrected chi connectivity index (χ1v) is 5.82. The number of rotatable bonds is 3. The van der Waals surface area contributed by atoms with Gasteiger partial charge in [-0.25, -0.2) is 9.18 Å². The van der Waals surface area contributed by atoms with Crippen molar-refractivity contribution >= 4 is 17.3 Å². The van der Waals surface area contributed by atoms with Gasteiger partial charge in [-0.2, -0.15) is 5.26 Å². The molecule has 2 rings (SSSR count). The molecule has 100 valence electrons. The maximum atomic E-state index is 13.0. The van der Waals surface area contributed by atoms with E-state index in [9.17, 15) is 9.18 Å². The summed E-state index contributed by atoms with van der Waals surface area (Å²) < 4.78 is 13.0. The van der Waals surface area contributed by atoms with Crippen LogP contribution < -0.4 is 5.32 Å². The van der Waals surface area contributed by atoms with E-state index in [1.54, 1.807) is 19.1 Å². The highest BCUT2D eigenvalue weighted by molar-refractivity contribution is 5.90. The minimum atomic E-state index is -0.992. The highest BCUT2D eigenvalue weighted by Crippen LogP contribution is 2.23. The van der Waals surface area contributed by atoms with Crippen molar-refractivity contribution in [3.8, 4) is 6.07 Å². The lowest BCUT2D eigenvalue weighted by Gasteiger charge is -2.10. The average Bonchev–Trinajstić information content (AvgIpc) is 2.40. The molecule has 2 N–H and O–H groups in total. The number of carbonyl (C=O) groups is 1. The molecule has 0 aliphatic heterocycles. The molecule has 0 radical (unpaired) electrons. The summed E-state index contributed by atoms with van der Waals surface area (Å²) in [5.74, 6) is -1.47. The molecule has 0 unspecified atom stereocenters. The number of aromatic carboxylic acids is 1. The first kappa shape index (κ1) is 13.6. The van der Waals surface area contributed by atoms with Gasteiger partial charge in [0.1, 0.15) is 11.9 Å². The number of hydrogen-bond donors (Lipinski definition) is 2. The van der Waals surface area contributed by atoms with E-state index < -0.39 is 11.8 Å². The van der Waals surface area contributed by atoms with Gasteiger partial charge in [0.05, 0.1) is 16.8 Å². The number of anilines is 2. The monoisotopic (exact) mass is 270 g/mol. The lowest BCUT2D eigenvalue weighted by molar-refractivity contribution is 0.0696. The summed E-state index contributed by atoms with van der Waals surface area (Å²) in [6.07, 6.45) is 0. The Labute approximate surface area is 115 Å². The van der Waals surface area contributed by atoms with Crippen LogP contribution in [0, 0.1) is 24.1 Å². The van der Waals surface area contributed by atoms with E-state index in [1.807, 2.05) is 6.07 Å². The summed E-state index contributed by atoms with van der Waals surface area (Å²) in [4.78, 5) is 10.9. The number of carboxylic acid groups (broad SMARTS) is 1. The van der Waals surface area contributed by atoms with Crippen LogP contribution in [0.2, 0.25) is 0 Å². The van der Waals surface area contributed by atoms with Gasteiger partial charge in [-0.05, 0) is 48.9 Å². The van der Waals surface area contributed by atoms with Gasteiger partial charge in [0.15, 0.2) is 0 Å². The molecule has 20 heavy (non-hydrogen) atoms. The van der Waals surface area contributed by atoms with E-state index >= 15 is 0 Å². The molecule has 0 atom stereocenters. The second kappa shape index (κ2) is 5.41. The predicted octanol–water partition coefficient (Wildman–Crippen LogP) is 3.45. The number of aryl methyl sites for hydroxylation is 1. The zero-order chi connectivity index (χ0) is 14.7. The normalized spacial score (nSPS) is 9.85. The molecule has 0 spiro atoms. The Morgan fingerprint density at radius 3 is 2.65 bits per heavy atom. The summed E-state index contributed by atoms with van der Waals surface area (Å²) in [6.45, 7) is 1.69. The minimum Gasteiger partial charge on any atom is -0.478 e. The molecular weight excluding hydrogens is 259 g/mol. The third-order valence-corrected chi connectivity index (χ3v) is 2.84. The molecule has 0 fully saturated rings. The molecule has 2 aromatic rings. The minimum absolute atomic E-state index is 0.185. The van der Waals surface area contributed by atoms with Crippen molar-refractivity contribution in [1.82, 2.24) is 0 Å². The maximum Gasteiger partial charge on any atom is 0.335 e. The molecule has 0 aromatic heterocycles. The summed E-state index contributed by atoms with van der Waals surface area (Å²) in [5.41, 5.74) is 2.11. The fourth-order valence-corrected chi connectivity index (χ4v) is 1.85. The third-order valence-electron chi connectivity index (χ3n) is 2.84. The van der Waals surface area contributed by atoms with Crippen LogP contribution >= 0.6 is 0 Å². The second-order valence-electron chi connectivity index (χ2n) is 4.26. The van der Waals surface area contributed by atoms with Gasteiger partial charge in [0, 0.05) is 5.69 Å². The van der Waals surface area contributed by atoms with Crippen molar-refractivity contribution in [1.29, 1.82) is 5.26 Å². The number of nitrogens with zero attached hydrogens (tertiary/aromatic N) is 1.